The summed E-state index contributed by atoms with van der Waals surface area (Å²) in [5, 5.41) is 5.07. The van der Waals surface area contributed by atoms with Gasteiger partial charge in [0.1, 0.15) is 11.6 Å². The summed E-state index contributed by atoms with van der Waals surface area (Å²) in [6.45, 7) is 2.31. The van der Waals surface area contributed by atoms with Crippen LogP contribution in [0.5, 0.6) is 0 Å². The number of carbonyl (C=O) groups is 1. The van der Waals surface area contributed by atoms with Crippen molar-refractivity contribution < 1.29 is 13.6 Å². The van der Waals surface area contributed by atoms with E-state index in [-0.39, 0.29) is 22.1 Å². The van der Waals surface area contributed by atoms with E-state index in [4.69, 9.17) is 11.6 Å². The average Bonchev–Trinajstić information content (AvgIpc) is 2.46. The number of benzene rings is 1. The van der Waals surface area contributed by atoms with Crippen LogP contribution in [0.3, 0.4) is 0 Å². The molecule has 4 nitrogen and oxygen atoms in total. The second kappa shape index (κ2) is 6.49. The van der Waals surface area contributed by atoms with Gasteiger partial charge >= 0.3 is 0 Å². The minimum Gasteiger partial charge on any atom is -0.370 e. The minimum atomic E-state index is -0.748. The van der Waals surface area contributed by atoms with Crippen molar-refractivity contribution in [3.05, 3.63) is 52.7 Å². The monoisotopic (exact) mass is 311 g/mol. The van der Waals surface area contributed by atoms with Crippen LogP contribution in [0.4, 0.5) is 20.3 Å². The Labute approximate surface area is 125 Å². The van der Waals surface area contributed by atoms with E-state index in [2.05, 4.69) is 15.6 Å². The fourth-order valence-corrected chi connectivity index (χ4v) is 1.89. The van der Waals surface area contributed by atoms with Gasteiger partial charge in [0.15, 0.2) is 5.82 Å². The maximum atomic E-state index is 13.8. The second-order valence-electron chi connectivity index (χ2n) is 4.14. The Morgan fingerprint density at radius 2 is 2.14 bits per heavy atom. The third-order valence-electron chi connectivity index (χ3n) is 2.64. The van der Waals surface area contributed by atoms with Crippen molar-refractivity contribution in [2.24, 2.45) is 0 Å². The highest BCUT2D eigenvalue weighted by atomic mass is 35.5. The number of hydrogen-bond acceptors (Lipinski definition) is 3. The molecule has 110 valence electrons. The van der Waals surface area contributed by atoms with E-state index in [9.17, 15) is 13.6 Å². The molecule has 0 aliphatic rings. The SMILES string of the molecule is CCNc1ncc(F)cc1C(=O)Nc1cccc(Cl)c1F. The Balaban J connectivity index is 2.32. The van der Waals surface area contributed by atoms with Crippen molar-refractivity contribution in [1.82, 2.24) is 4.98 Å². The van der Waals surface area contributed by atoms with E-state index < -0.39 is 17.5 Å². The molecule has 1 aromatic heterocycles. The molecule has 0 unspecified atom stereocenters. The molecule has 7 heteroatoms. The summed E-state index contributed by atoms with van der Waals surface area (Å²) in [5.74, 6) is -1.87. The lowest BCUT2D eigenvalue weighted by Gasteiger charge is -2.11. The molecule has 2 aromatic rings. The highest BCUT2D eigenvalue weighted by Gasteiger charge is 2.16. The first-order valence-corrected chi connectivity index (χ1v) is 6.55. The van der Waals surface area contributed by atoms with Gasteiger partial charge < -0.3 is 10.6 Å². The Morgan fingerprint density at radius 1 is 1.38 bits per heavy atom. The first-order valence-electron chi connectivity index (χ1n) is 6.17. The topological polar surface area (TPSA) is 54.0 Å². The van der Waals surface area contributed by atoms with Crippen molar-refractivity contribution in [2.45, 2.75) is 6.92 Å². The Morgan fingerprint density at radius 3 is 2.86 bits per heavy atom. The highest BCUT2D eigenvalue weighted by molar-refractivity contribution is 6.31. The average molecular weight is 312 g/mol. The maximum Gasteiger partial charge on any atom is 0.259 e. The zero-order valence-electron chi connectivity index (χ0n) is 11.1. The van der Waals surface area contributed by atoms with Crippen molar-refractivity contribution in [1.29, 1.82) is 0 Å². The summed E-state index contributed by atoms with van der Waals surface area (Å²) >= 11 is 5.64. The van der Waals surface area contributed by atoms with Gasteiger partial charge in [-0.1, -0.05) is 17.7 Å². The number of aromatic nitrogens is 1. The van der Waals surface area contributed by atoms with E-state index in [1.807, 2.05) is 6.92 Å². The lowest BCUT2D eigenvalue weighted by Crippen LogP contribution is -2.17. The van der Waals surface area contributed by atoms with Gasteiger partial charge in [-0.05, 0) is 25.1 Å². The van der Waals surface area contributed by atoms with Crippen LogP contribution < -0.4 is 10.6 Å². The van der Waals surface area contributed by atoms with Crippen LogP contribution in [0.1, 0.15) is 17.3 Å². The number of nitrogens with one attached hydrogen (secondary N) is 2. The summed E-state index contributed by atoms with van der Waals surface area (Å²) in [6.07, 6.45) is 0.995. The Kier molecular flexibility index (Phi) is 4.70. The molecular formula is C14H12ClF2N3O. The van der Waals surface area contributed by atoms with E-state index in [0.29, 0.717) is 6.54 Å². The maximum absolute atomic E-state index is 13.8. The summed E-state index contributed by atoms with van der Waals surface area (Å²) in [4.78, 5) is 16.0. The van der Waals surface area contributed by atoms with E-state index in [1.165, 1.54) is 18.2 Å². The van der Waals surface area contributed by atoms with Crippen LogP contribution in [0, 0.1) is 11.6 Å². The Hall–Kier alpha value is -2.21. The molecule has 0 saturated heterocycles. The number of pyridine rings is 1. The molecule has 0 radical (unpaired) electrons. The number of rotatable bonds is 4. The molecule has 21 heavy (non-hydrogen) atoms. The van der Waals surface area contributed by atoms with Crippen LogP contribution in [-0.4, -0.2) is 17.4 Å². The third kappa shape index (κ3) is 3.46. The first kappa shape index (κ1) is 15.2. The summed E-state index contributed by atoms with van der Waals surface area (Å²) in [5.41, 5.74) is -0.101. The van der Waals surface area contributed by atoms with Gasteiger partial charge in [-0.3, -0.25) is 4.79 Å². The molecule has 0 atom stereocenters. The molecule has 0 aliphatic heterocycles. The van der Waals surface area contributed by atoms with Gasteiger partial charge in [-0.2, -0.15) is 0 Å². The first-order chi connectivity index (χ1) is 10.0. The number of hydrogen-bond donors (Lipinski definition) is 2. The van der Waals surface area contributed by atoms with Gasteiger partial charge in [-0.15, -0.1) is 0 Å². The number of halogens is 3. The van der Waals surface area contributed by atoms with Gasteiger partial charge in [-0.25, -0.2) is 13.8 Å². The van der Waals surface area contributed by atoms with Crippen molar-refractivity contribution in [3.63, 3.8) is 0 Å². The predicted molar refractivity (Wildman–Crippen MR) is 77.7 cm³/mol. The van der Waals surface area contributed by atoms with Gasteiger partial charge in [0, 0.05) is 6.54 Å². The van der Waals surface area contributed by atoms with Gasteiger partial charge in [0.25, 0.3) is 5.91 Å². The number of nitrogens with zero attached hydrogens (tertiary/aromatic N) is 1. The van der Waals surface area contributed by atoms with E-state index >= 15 is 0 Å². The van der Waals surface area contributed by atoms with Crippen molar-refractivity contribution >= 4 is 29.0 Å². The van der Waals surface area contributed by atoms with Gasteiger partial charge in [0.05, 0.1) is 22.5 Å². The Bertz CT molecular complexity index is 679. The molecule has 0 saturated carbocycles. The zero-order chi connectivity index (χ0) is 15.4. The minimum absolute atomic E-state index is 0.0174. The van der Waals surface area contributed by atoms with Crippen LogP contribution in [0.2, 0.25) is 5.02 Å². The van der Waals surface area contributed by atoms with Crippen LogP contribution >= 0.6 is 11.6 Å². The molecule has 2 rings (SSSR count). The summed E-state index contributed by atoms with van der Waals surface area (Å²) < 4.78 is 27.0. The molecule has 0 bridgehead atoms. The number of carbonyl (C=O) groups excluding carboxylic acids is 1. The molecule has 1 aromatic carbocycles. The van der Waals surface area contributed by atoms with E-state index in [0.717, 1.165) is 12.3 Å². The van der Waals surface area contributed by atoms with Crippen LogP contribution in [-0.2, 0) is 0 Å². The molecule has 0 fully saturated rings. The smallest absolute Gasteiger partial charge is 0.259 e. The molecule has 1 heterocycles. The lowest BCUT2D eigenvalue weighted by atomic mass is 10.2. The fraction of sp³-hybridized carbons (Fsp3) is 0.143. The summed E-state index contributed by atoms with van der Waals surface area (Å²) in [6, 6.07) is 5.25. The molecule has 1 amide bonds. The quantitative estimate of drug-likeness (QED) is 0.905. The molecule has 2 N–H and O–H groups in total. The molecule has 0 aliphatic carbocycles. The molecular weight excluding hydrogens is 300 g/mol. The zero-order valence-corrected chi connectivity index (χ0v) is 11.8. The van der Waals surface area contributed by atoms with Crippen LogP contribution in [0.15, 0.2) is 30.5 Å². The second-order valence-corrected chi connectivity index (χ2v) is 4.54. The normalized spacial score (nSPS) is 10.3. The molecule has 0 spiro atoms. The summed E-state index contributed by atoms with van der Waals surface area (Å²) in [7, 11) is 0. The predicted octanol–water partition coefficient (Wildman–Crippen LogP) is 3.70. The third-order valence-corrected chi connectivity index (χ3v) is 2.93. The van der Waals surface area contributed by atoms with Crippen LogP contribution in [0.25, 0.3) is 0 Å². The lowest BCUT2D eigenvalue weighted by molar-refractivity contribution is 0.102. The van der Waals surface area contributed by atoms with Crippen molar-refractivity contribution in [3.8, 4) is 0 Å². The standard InChI is InChI=1S/C14H12ClF2N3O/c1-2-18-13-9(6-8(16)7-19-13)14(21)20-11-5-3-4-10(15)12(11)17/h3-7H,2H2,1H3,(H,18,19)(H,20,21). The fourth-order valence-electron chi connectivity index (χ4n) is 1.71. The largest absolute Gasteiger partial charge is 0.370 e. The number of amides is 1. The van der Waals surface area contributed by atoms with E-state index in [1.54, 1.807) is 0 Å². The number of anilines is 2. The van der Waals surface area contributed by atoms with Gasteiger partial charge in [0.2, 0.25) is 0 Å². The highest BCUT2D eigenvalue weighted by Crippen LogP contribution is 2.23. The van der Waals surface area contributed by atoms with Crippen molar-refractivity contribution in [2.75, 3.05) is 17.2 Å².